The summed E-state index contributed by atoms with van der Waals surface area (Å²) in [6.07, 6.45) is 4.70. The monoisotopic (exact) mass is 324 g/mol. The molecule has 2 N–H and O–H groups in total. The molecule has 0 aliphatic heterocycles. The molecule has 0 saturated heterocycles. The van der Waals surface area contributed by atoms with Gasteiger partial charge in [-0.25, -0.2) is 0 Å². The molecule has 1 amide bonds. The summed E-state index contributed by atoms with van der Waals surface area (Å²) in [6.45, 7) is 3.94. The highest BCUT2D eigenvalue weighted by atomic mass is 79.9. The number of halogens is 1. The molecule has 0 radical (unpaired) electrons. The van der Waals surface area contributed by atoms with E-state index in [1.54, 1.807) is 0 Å². The van der Waals surface area contributed by atoms with E-state index in [1.165, 1.54) is 12.8 Å². The number of amides is 1. The molecule has 4 heteroatoms. The standard InChI is InChI=1S/C15H21BrN2O/c1-10-6-5-9-13(14(10)16)17-11(2)15(19)18-12-7-3-4-8-12/h5-6,9,11-12,17H,3-4,7-8H2,1-2H3,(H,18,19). The van der Waals surface area contributed by atoms with Crippen molar-refractivity contribution in [3.63, 3.8) is 0 Å². The van der Waals surface area contributed by atoms with Crippen molar-refractivity contribution in [3.05, 3.63) is 28.2 Å². The molecule has 2 rings (SSSR count). The lowest BCUT2D eigenvalue weighted by molar-refractivity contribution is -0.122. The number of anilines is 1. The number of hydrogen-bond donors (Lipinski definition) is 2. The minimum Gasteiger partial charge on any atom is -0.373 e. The predicted octanol–water partition coefficient (Wildman–Crippen LogP) is 3.62. The van der Waals surface area contributed by atoms with Crippen molar-refractivity contribution in [3.8, 4) is 0 Å². The highest BCUT2D eigenvalue weighted by Crippen LogP contribution is 2.26. The van der Waals surface area contributed by atoms with Gasteiger partial charge in [0.15, 0.2) is 0 Å². The Morgan fingerprint density at radius 2 is 2.05 bits per heavy atom. The molecule has 3 nitrogen and oxygen atoms in total. The number of benzene rings is 1. The summed E-state index contributed by atoms with van der Waals surface area (Å²) in [5.74, 6) is 0.0836. The van der Waals surface area contributed by atoms with E-state index in [2.05, 4.69) is 26.6 Å². The zero-order valence-corrected chi connectivity index (χ0v) is 13.1. The van der Waals surface area contributed by atoms with Gasteiger partial charge >= 0.3 is 0 Å². The molecule has 1 unspecified atom stereocenters. The van der Waals surface area contributed by atoms with Gasteiger partial charge in [-0.3, -0.25) is 4.79 Å². The molecule has 0 spiro atoms. The molecule has 1 aromatic carbocycles. The summed E-state index contributed by atoms with van der Waals surface area (Å²) in [5, 5.41) is 6.38. The van der Waals surface area contributed by atoms with Crippen LogP contribution in [0.3, 0.4) is 0 Å². The van der Waals surface area contributed by atoms with Gasteiger partial charge in [0.25, 0.3) is 0 Å². The molecule has 1 atom stereocenters. The van der Waals surface area contributed by atoms with Crippen LogP contribution in [0.5, 0.6) is 0 Å². The maximum atomic E-state index is 12.1. The number of hydrogen-bond acceptors (Lipinski definition) is 2. The molecule has 0 heterocycles. The molecular weight excluding hydrogens is 304 g/mol. The minimum atomic E-state index is -0.223. The first-order chi connectivity index (χ1) is 9.08. The summed E-state index contributed by atoms with van der Waals surface area (Å²) >= 11 is 3.55. The van der Waals surface area contributed by atoms with Crippen LogP contribution >= 0.6 is 15.9 Å². The van der Waals surface area contributed by atoms with Crippen molar-refractivity contribution in [2.24, 2.45) is 0 Å². The summed E-state index contributed by atoms with van der Waals surface area (Å²) in [7, 11) is 0. The number of carbonyl (C=O) groups is 1. The fourth-order valence-corrected chi connectivity index (χ4v) is 2.83. The van der Waals surface area contributed by atoms with Crippen LogP contribution in [-0.2, 0) is 4.79 Å². The molecule has 104 valence electrons. The van der Waals surface area contributed by atoms with Gasteiger partial charge in [-0.05, 0) is 54.2 Å². The Morgan fingerprint density at radius 3 is 2.74 bits per heavy atom. The third kappa shape index (κ3) is 3.72. The summed E-state index contributed by atoms with van der Waals surface area (Å²) in [6, 6.07) is 6.16. The zero-order chi connectivity index (χ0) is 13.8. The third-order valence-corrected chi connectivity index (χ3v) is 4.71. The van der Waals surface area contributed by atoms with Gasteiger partial charge in [0, 0.05) is 16.2 Å². The van der Waals surface area contributed by atoms with Crippen LogP contribution < -0.4 is 10.6 Å². The van der Waals surface area contributed by atoms with Crippen LogP contribution in [-0.4, -0.2) is 18.0 Å². The Hall–Kier alpha value is -1.03. The number of carbonyl (C=O) groups excluding carboxylic acids is 1. The number of aryl methyl sites for hydroxylation is 1. The Balaban J connectivity index is 1.94. The molecular formula is C15H21BrN2O. The van der Waals surface area contributed by atoms with E-state index in [4.69, 9.17) is 0 Å². The second-order valence-corrected chi connectivity index (χ2v) is 6.09. The summed E-state index contributed by atoms with van der Waals surface area (Å²) < 4.78 is 1.02. The summed E-state index contributed by atoms with van der Waals surface area (Å²) in [4.78, 5) is 12.1. The lowest BCUT2D eigenvalue weighted by atomic mass is 10.2. The lowest BCUT2D eigenvalue weighted by Gasteiger charge is -2.19. The van der Waals surface area contributed by atoms with E-state index in [0.29, 0.717) is 6.04 Å². The minimum absolute atomic E-state index is 0.0836. The summed E-state index contributed by atoms with van der Waals surface area (Å²) in [5.41, 5.74) is 2.13. The smallest absolute Gasteiger partial charge is 0.242 e. The number of nitrogens with one attached hydrogen (secondary N) is 2. The van der Waals surface area contributed by atoms with Crippen molar-refractivity contribution >= 4 is 27.5 Å². The first-order valence-corrected chi connectivity index (χ1v) is 7.69. The van der Waals surface area contributed by atoms with E-state index >= 15 is 0 Å². The molecule has 1 saturated carbocycles. The Bertz CT molecular complexity index is 455. The average Bonchev–Trinajstić information content (AvgIpc) is 2.87. The Kier molecular flexibility index (Phi) is 4.86. The average molecular weight is 325 g/mol. The highest BCUT2D eigenvalue weighted by molar-refractivity contribution is 9.10. The van der Waals surface area contributed by atoms with Crippen LogP contribution in [0.2, 0.25) is 0 Å². The van der Waals surface area contributed by atoms with Crippen molar-refractivity contribution in [2.45, 2.75) is 51.6 Å². The zero-order valence-electron chi connectivity index (χ0n) is 11.5. The SMILES string of the molecule is Cc1cccc(NC(C)C(=O)NC2CCCC2)c1Br. The topological polar surface area (TPSA) is 41.1 Å². The van der Waals surface area contributed by atoms with Crippen LogP contribution in [0.15, 0.2) is 22.7 Å². The van der Waals surface area contributed by atoms with E-state index < -0.39 is 0 Å². The second kappa shape index (κ2) is 6.42. The first kappa shape index (κ1) is 14.4. The van der Waals surface area contributed by atoms with Crippen LogP contribution in [0, 0.1) is 6.92 Å². The van der Waals surface area contributed by atoms with E-state index in [-0.39, 0.29) is 11.9 Å². The maximum Gasteiger partial charge on any atom is 0.242 e. The second-order valence-electron chi connectivity index (χ2n) is 5.29. The highest BCUT2D eigenvalue weighted by Gasteiger charge is 2.20. The normalized spacial score (nSPS) is 17.2. The molecule has 1 aromatic rings. The van der Waals surface area contributed by atoms with Crippen molar-refractivity contribution in [1.29, 1.82) is 0 Å². The van der Waals surface area contributed by atoms with E-state index in [0.717, 1.165) is 28.6 Å². The Labute approximate surface area is 123 Å². The van der Waals surface area contributed by atoms with Gasteiger partial charge in [0.05, 0.1) is 0 Å². The van der Waals surface area contributed by atoms with Gasteiger partial charge < -0.3 is 10.6 Å². The molecule has 1 fully saturated rings. The largest absolute Gasteiger partial charge is 0.373 e. The van der Waals surface area contributed by atoms with E-state index in [9.17, 15) is 4.79 Å². The van der Waals surface area contributed by atoms with Gasteiger partial charge in [0.1, 0.15) is 6.04 Å². The van der Waals surface area contributed by atoms with Crippen LogP contribution in [0.25, 0.3) is 0 Å². The van der Waals surface area contributed by atoms with Crippen molar-refractivity contribution in [1.82, 2.24) is 5.32 Å². The third-order valence-electron chi connectivity index (χ3n) is 3.66. The molecule has 1 aliphatic rings. The van der Waals surface area contributed by atoms with Crippen molar-refractivity contribution < 1.29 is 4.79 Å². The molecule has 0 bridgehead atoms. The molecule has 0 aromatic heterocycles. The van der Waals surface area contributed by atoms with Gasteiger partial charge in [0.2, 0.25) is 5.91 Å². The fraction of sp³-hybridized carbons (Fsp3) is 0.533. The molecule has 1 aliphatic carbocycles. The number of rotatable bonds is 4. The first-order valence-electron chi connectivity index (χ1n) is 6.90. The molecule has 19 heavy (non-hydrogen) atoms. The maximum absolute atomic E-state index is 12.1. The Morgan fingerprint density at radius 1 is 1.37 bits per heavy atom. The van der Waals surface area contributed by atoms with Crippen LogP contribution in [0.4, 0.5) is 5.69 Å². The van der Waals surface area contributed by atoms with Crippen molar-refractivity contribution in [2.75, 3.05) is 5.32 Å². The predicted molar refractivity (Wildman–Crippen MR) is 82.4 cm³/mol. The fourth-order valence-electron chi connectivity index (χ4n) is 2.45. The van der Waals surface area contributed by atoms with E-state index in [1.807, 2.05) is 32.0 Å². The van der Waals surface area contributed by atoms with Crippen LogP contribution in [0.1, 0.15) is 38.2 Å². The van der Waals surface area contributed by atoms with Gasteiger partial charge in [-0.15, -0.1) is 0 Å². The van der Waals surface area contributed by atoms with Gasteiger partial charge in [-0.2, -0.15) is 0 Å². The lowest BCUT2D eigenvalue weighted by Crippen LogP contribution is -2.42. The van der Waals surface area contributed by atoms with Gasteiger partial charge in [-0.1, -0.05) is 25.0 Å². The quantitative estimate of drug-likeness (QED) is 0.888.